The molecule has 0 saturated heterocycles. The number of rotatable bonds is 7. The molecule has 5 nitrogen and oxygen atoms in total. The van der Waals surface area contributed by atoms with E-state index in [0.29, 0.717) is 12.1 Å². The van der Waals surface area contributed by atoms with Crippen molar-refractivity contribution in [2.75, 3.05) is 12.8 Å². The Kier molecular flexibility index (Phi) is 10.3. The minimum Gasteiger partial charge on any atom is -0.383 e. The van der Waals surface area contributed by atoms with Gasteiger partial charge in [0.2, 0.25) is 0 Å². The van der Waals surface area contributed by atoms with Crippen LogP contribution < -0.4 is 9.50 Å². The van der Waals surface area contributed by atoms with Crippen LogP contribution in [-0.4, -0.2) is 27.1 Å². The topological polar surface area (TPSA) is 72.5 Å². The molecular weight excluding hydrogens is 302 g/mol. The van der Waals surface area contributed by atoms with Crippen molar-refractivity contribution in [2.45, 2.75) is 46.5 Å². The predicted octanol–water partition coefficient (Wildman–Crippen LogP) is 3.36. The van der Waals surface area contributed by atoms with Gasteiger partial charge in [-0.1, -0.05) is 40.0 Å². The Morgan fingerprint density at radius 2 is 1.64 bits per heavy atom. The van der Waals surface area contributed by atoms with Crippen molar-refractivity contribution in [1.82, 2.24) is 5.32 Å². The van der Waals surface area contributed by atoms with E-state index in [4.69, 9.17) is 4.18 Å². The number of hydrogen-bond donors (Lipinski definition) is 1. The molecule has 0 atom stereocenters. The number of carbonyl (C=O) groups is 1. The second-order valence-electron chi connectivity index (χ2n) is 4.98. The van der Waals surface area contributed by atoms with E-state index in [0.717, 1.165) is 25.5 Å². The predicted molar refractivity (Wildman–Crippen MR) is 89.7 cm³/mol. The summed E-state index contributed by atoms with van der Waals surface area (Å²) in [7, 11) is -3.53. The number of amides is 1. The standard InChI is InChI=1S/C13H19NO4S.C3H8/c1-3-4-5-10-14-13(15)11-6-8-12(9-7-11)18-19(2,16)17;1-3-2/h6-9H,3-5,10H2,1-2H3,(H,14,15);3H2,1-2H3. The molecule has 0 heterocycles. The summed E-state index contributed by atoms with van der Waals surface area (Å²) in [4.78, 5) is 11.7. The number of benzene rings is 1. The van der Waals surface area contributed by atoms with Crippen LogP contribution in [0.2, 0.25) is 0 Å². The van der Waals surface area contributed by atoms with E-state index < -0.39 is 10.1 Å². The summed E-state index contributed by atoms with van der Waals surface area (Å²) >= 11 is 0. The molecule has 1 amide bonds. The van der Waals surface area contributed by atoms with Crippen LogP contribution in [0.15, 0.2) is 24.3 Å². The number of nitrogens with one attached hydrogen (secondary N) is 1. The monoisotopic (exact) mass is 329 g/mol. The van der Waals surface area contributed by atoms with Gasteiger partial charge in [-0.15, -0.1) is 0 Å². The van der Waals surface area contributed by atoms with Gasteiger partial charge >= 0.3 is 10.1 Å². The maximum Gasteiger partial charge on any atom is 0.306 e. The Balaban J connectivity index is 0.00000135. The molecular formula is C16H27NO4S. The first-order chi connectivity index (χ1) is 10.3. The van der Waals surface area contributed by atoms with Gasteiger partial charge in [0.25, 0.3) is 5.91 Å². The maximum absolute atomic E-state index is 11.7. The van der Waals surface area contributed by atoms with Crippen molar-refractivity contribution in [3.8, 4) is 5.75 Å². The number of unbranched alkanes of at least 4 members (excludes halogenated alkanes) is 2. The summed E-state index contributed by atoms with van der Waals surface area (Å²) in [5.41, 5.74) is 0.484. The molecule has 0 aliphatic heterocycles. The molecule has 0 aromatic heterocycles. The van der Waals surface area contributed by atoms with Crippen molar-refractivity contribution in [2.24, 2.45) is 0 Å². The van der Waals surface area contributed by atoms with E-state index >= 15 is 0 Å². The normalized spacial score (nSPS) is 10.4. The average molecular weight is 329 g/mol. The summed E-state index contributed by atoms with van der Waals surface area (Å²) in [6.07, 6.45) is 5.37. The van der Waals surface area contributed by atoms with Gasteiger partial charge in [-0.3, -0.25) is 4.79 Å². The minimum absolute atomic E-state index is 0.165. The molecule has 1 N–H and O–H groups in total. The SMILES string of the molecule is CCC.CCCCCNC(=O)c1ccc(OS(C)(=O)=O)cc1. The molecule has 1 aromatic carbocycles. The van der Waals surface area contributed by atoms with Gasteiger partial charge in [-0.05, 0) is 30.7 Å². The van der Waals surface area contributed by atoms with Crippen LogP contribution >= 0.6 is 0 Å². The van der Waals surface area contributed by atoms with Gasteiger partial charge in [-0.2, -0.15) is 8.42 Å². The van der Waals surface area contributed by atoms with Gasteiger partial charge in [0, 0.05) is 12.1 Å². The Bertz CT molecular complexity index is 524. The van der Waals surface area contributed by atoms with E-state index in [1.54, 1.807) is 0 Å². The fourth-order valence-corrected chi connectivity index (χ4v) is 1.98. The number of hydrogen-bond acceptors (Lipinski definition) is 4. The fraction of sp³-hybridized carbons (Fsp3) is 0.562. The van der Waals surface area contributed by atoms with Crippen LogP contribution in [0.4, 0.5) is 0 Å². The van der Waals surface area contributed by atoms with Crippen LogP contribution in [0.25, 0.3) is 0 Å². The van der Waals surface area contributed by atoms with Gasteiger partial charge in [0.05, 0.1) is 6.26 Å². The Hall–Kier alpha value is -1.56. The molecule has 0 aliphatic rings. The van der Waals surface area contributed by atoms with E-state index in [2.05, 4.69) is 26.1 Å². The fourth-order valence-electron chi connectivity index (χ4n) is 1.52. The Labute approximate surface area is 134 Å². The second-order valence-corrected chi connectivity index (χ2v) is 6.56. The average Bonchev–Trinajstić information content (AvgIpc) is 2.43. The summed E-state index contributed by atoms with van der Waals surface area (Å²) in [5, 5.41) is 2.80. The molecule has 1 aromatic rings. The molecule has 0 bridgehead atoms. The highest BCUT2D eigenvalue weighted by molar-refractivity contribution is 7.86. The highest BCUT2D eigenvalue weighted by atomic mass is 32.2. The van der Waals surface area contributed by atoms with E-state index in [9.17, 15) is 13.2 Å². The highest BCUT2D eigenvalue weighted by Crippen LogP contribution is 2.13. The zero-order valence-corrected chi connectivity index (χ0v) is 14.7. The van der Waals surface area contributed by atoms with Crippen molar-refractivity contribution < 1.29 is 17.4 Å². The van der Waals surface area contributed by atoms with Crippen molar-refractivity contribution in [1.29, 1.82) is 0 Å². The van der Waals surface area contributed by atoms with Crippen LogP contribution in [0.3, 0.4) is 0 Å². The zero-order chi connectivity index (χ0) is 17.0. The van der Waals surface area contributed by atoms with Gasteiger partial charge in [-0.25, -0.2) is 0 Å². The van der Waals surface area contributed by atoms with Crippen LogP contribution in [-0.2, 0) is 10.1 Å². The third kappa shape index (κ3) is 10.2. The lowest BCUT2D eigenvalue weighted by atomic mass is 10.2. The zero-order valence-electron chi connectivity index (χ0n) is 13.9. The third-order valence-electron chi connectivity index (χ3n) is 2.43. The summed E-state index contributed by atoms with van der Waals surface area (Å²) in [6.45, 7) is 7.00. The first-order valence-corrected chi connectivity index (χ1v) is 9.43. The maximum atomic E-state index is 11.7. The Morgan fingerprint density at radius 1 is 1.09 bits per heavy atom. The quantitative estimate of drug-likeness (QED) is 0.615. The molecule has 126 valence electrons. The smallest absolute Gasteiger partial charge is 0.306 e. The van der Waals surface area contributed by atoms with Crippen LogP contribution in [0.5, 0.6) is 5.75 Å². The first kappa shape index (κ1) is 20.4. The third-order valence-corrected chi connectivity index (χ3v) is 2.93. The molecule has 22 heavy (non-hydrogen) atoms. The molecule has 0 aliphatic carbocycles. The molecule has 1 rings (SSSR count). The molecule has 0 radical (unpaired) electrons. The summed E-state index contributed by atoms with van der Waals surface area (Å²) in [5.74, 6) is 0.0343. The molecule has 0 unspecified atom stereocenters. The lowest BCUT2D eigenvalue weighted by Crippen LogP contribution is -2.24. The van der Waals surface area contributed by atoms with Gasteiger partial charge in [0.15, 0.2) is 0 Å². The largest absolute Gasteiger partial charge is 0.383 e. The molecule has 0 fully saturated rings. The molecule has 0 spiro atoms. The molecule has 0 saturated carbocycles. The van der Waals surface area contributed by atoms with Crippen molar-refractivity contribution in [3.05, 3.63) is 29.8 Å². The minimum atomic E-state index is -3.53. The first-order valence-electron chi connectivity index (χ1n) is 7.61. The highest BCUT2D eigenvalue weighted by Gasteiger charge is 2.07. The Morgan fingerprint density at radius 3 is 2.09 bits per heavy atom. The van der Waals surface area contributed by atoms with Gasteiger partial charge in [0.1, 0.15) is 5.75 Å². The van der Waals surface area contributed by atoms with E-state index in [1.165, 1.54) is 30.7 Å². The van der Waals surface area contributed by atoms with E-state index in [-0.39, 0.29) is 11.7 Å². The van der Waals surface area contributed by atoms with Crippen molar-refractivity contribution in [3.63, 3.8) is 0 Å². The van der Waals surface area contributed by atoms with Crippen LogP contribution in [0.1, 0.15) is 56.8 Å². The lowest BCUT2D eigenvalue weighted by Gasteiger charge is -2.06. The van der Waals surface area contributed by atoms with Crippen molar-refractivity contribution >= 4 is 16.0 Å². The summed E-state index contributed by atoms with van der Waals surface area (Å²) in [6, 6.07) is 6.00. The second kappa shape index (κ2) is 11.1. The molecule has 6 heteroatoms. The summed E-state index contributed by atoms with van der Waals surface area (Å²) < 4.78 is 26.5. The van der Waals surface area contributed by atoms with E-state index in [1.807, 2.05) is 0 Å². The number of carbonyl (C=O) groups excluding carboxylic acids is 1. The van der Waals surface area contributed by atoms with Gasteiger partial charge < -0.3 is 9.50 Å². The van der Waals surface area contributed by atoms with Crippen LogP contribution in [0, 0.1) is 0 Å². The lowest BCUT2D eigenvalue weighted by molar-refractivity contribution is 0.0953.